The van der Waals surface area contributed by atoms with Gasteiger partial charge in [0.05, 0.1) is 17.6 Å². The van der Waals surface area contributed by atoms with Gasteiger partial charge < -0.3 is 19.1 Å². The number of hydrogen-bond acceptors (Lipinski definition) is 5. The van der Waals surface area contributed by atoms with E-state index in [1.165, 1.54) is 28.8 Å². The molecule has 4 heterocycles. The number of anilines is 1. The first-order valence-electron chi connectivity index (χ1n) is 19.5. The van der Waals surface area contributed by atoms with Gasteiger partial charge in [0.15, 0.2) is 0 Å². The molecule has 4 aromatic carbocycles. The predicted octanol–water partition coefficient (Wildman–Crippen LogP) is 9.49. The van der Waals surface area contributed by atoms with Crippen molar-refractivity contribution in [3.05, 3.63) is 180 Å². The van der Waals surface area contributed by atoms with Crippen molar-refractivity contribution in [2.24, 2.45) is 0 Å². The van der Waals surface area contributed by atoms with Crippen molar-refractivity contribution in [2.75, 3.05) is 31.1 Å². The standard InChI is InChI=1S/C46H48F3N5O/c1-35-17-22-44(55-43-25-29-52(30-26-43)41-20-18-39(19-21-41)46(47,48)49)33-54(35)42-23-27-51(28-24-42)31-40-32-53(34-50-40)45(36-11-5-2-6-12-36,37-13-7-3-8-14-37)38-15-9-4-10-16-38/h2-22,32-35,42-43H,23-31H2,1H3. The molecule has 0 saturated carbocycles. The lowest BCUT2D eigenvalue weighted by molar-refractivity contribution is -0.137. The molecule has 0 aliphatic carbocycles. The molecule has 1 unspecified atom stereocenters. The zero-order chi connectivity index (χ0) is 37.8. The van der Waals surface area contributed by atoms with Crippen LogP contribution in [0.4, 0.5) is 18.9 Å². The summed E-state index contributed by atoms with van der Waals surface area (Å²) in [5, 5.41) is 0. The highest BCUT2D eigenvalue weighted by atomic mass is 19.4. The van der Waals surface area contributed by atoms with Gasteiger partial charge in [0.25, 0.3) is 0 Å². The predicted molar refractivity (Wildman–Crippen MR) is 211 cm³/mol. The second-order valence-corrected chi connectivity index (χ2v) is 15.0. The van der Waals surface area contributed by atoms with E-state index >= 15 is 0 Å². The molecule has 0 radical (unpaired) electrons. The van der Waals surface area contributed by atoms with Gasteiger partial charge in [-0.3, -0.25) is 4.90 Å². The fraction of sp³-hybridized carbons (Fsp3) is 0.326. The lowest BCUT2D eigenvalue weighted by atomic mass is 9.77. The van der Waals surface area contributed by atoms with Gasteiger partial charge in [0, 0.05) is 75.7 Å². The van der Waals surface area contributed by atoms with Gasteiger partial charge in [-0.25, -0.2) is 4.98 Å². The number of piperidine rings is 2. The molecule has 1 aromatic heterocycles. The van der Waals surface area contributed by atoms with Gasteiger partial charge in [-0.1, -0.05) is 97.1 Å². The Morgan fingerprint density at radius 3 is 1.80 bits per heavy atom. The Hall–Kier alpha value is -5.28. The normalized spacial score (nSPS) is 19.1. The number of halogens is 3. The van der Waals surface area contributed by atoms with Crippen LogP contribution in [0, 0.1) is 0 Å². The molecule has 8 rings (SSSR count). The Labute approximate surface area is 322 Å². The number of rotatable bonds is 10. The molecule has 55 heavy (non-hydrogen) atoms. The van der Waals surface area contributed by atoms with Crippen LogP contribution in [0.3, 0.4) is 0 Å². The van der Waals surface area contributed by atoms with Crippen LogP contribution < -0.4 is 4.90 Å². The number of nitrogens with zero attached hydrogens (tertiary/aromatic N) is 5. The number of benzene rings is 4. The largest absolute Gasteiger partial charge is 0.489 e. The summed E-state index contributed by atoms with van der Waals surface area (Å²) in [7, 11) is 0. The van der Waals surface area contributed by atoms with Crippen LogP contribution in [0.1, 0.15) is 60.6 Å². The third kappa shape index (κ3) is 7.81. The smallest absolute Gasteiger partial charge is 0.416 e. The molecule has 0 spiro atoms. The molecule has 1 atom stereocenters. The molecule has 284 valence electrons. The summed E-state index contributed by atoms with van der Waals surface area (Å²) < 4.78 is 47.9. The van der Waals surface area contributed by atoms with Gasteiger partial charge in [0.2, 0.25) is 0 Å². The first-order chi connectivity index (χ1) is 26.8. The monoisotopic (exact) mass is 743 g/mol. The molecule has 2 fully saturated rings. The highest BCUT2D eigenvalue weighted by molar-refractivity contribution is 5.51. The van der Waals surface area contributed by atoms with Gasteiger partial charge in [-0.15, -0.1) is 0 Å². The van der Waals surface area contributed by atoms with Crippen molar-refractivity contribution in [2.45, 2.75) is 69.1 Å². The third-order valence-corrected chi connectivity index (χ3v) is 11.6. The van der Waals surface area contributed by atoms with Crippen molar-refractivity contribution in [1.29, 1.82) is 0 Å². The van der Waals surface area contributed by atoms with Crippen LogP contribution in [-0.4, -0.2) is 63.7 Å². The fourth-order valence-corrected chi connectivity index (χ4v) is 8.65. The van der Waals surface area contributed by atoms with E-state index in [2.05, 4.69) is 142 Å². The number of allylic oxidation sites excluding steroid dienone is 1. The molecule has 9 heteroatoms. The van der Waals surface area contributed by atoms with E-state index in [4.69, 9.17) is 9.72 Å². The number of imidazole rings is 1. The van der Waals surface area contributed by atoms with Crippen LogP contribution in [0.15, 0.2) is 152 Å². The summed E-state index contributed by atoms with van der Waals surface area (Å²) in [6.07, 6.45) is 10.2. The SMILES string of the molecule is CC1C=CC(OC2CCN(c3ccc(C(F)(F)F)cc3)CC2)=CN1C1CCN(Cc2cn(C(c3ccccc3)(c3ccccc3)c3ccccc3)cn2)CC1. The Kier molecular flexibility index (Phi) is 10.6. The first kappa shape index (κ1) is 36.7. The zero-order valence-corrected chi connectivity index (χ0v) is 31.2. The van der Waals surface area contributed by atoms with Gasteiger partial charge in [0.1, 0.15) is 17.4 Å². The minimum atomic E-state index is -4.32. The fourth-order valence-electron chi connectivity index (χ4n) is 8.65. The minimum absolute atomic E-state index is 0.0721. The molecular formula is C46H48F3N5O. The molecule has 0 N–H and O–H groups in total. The summed E-state index contributed by atoms with van der Waals surface area (Å²) in [6.45, 7) is 6.49. The van der Waals surface area contributed by atoms with Crippen LogP contribution in [0.5, 0.6) is 0 Å². The lowest BCUT2D eigenvalue weighted by Crippen LogP contribution is -2.46. The molecule has 0 amide bonds. The minimum Gasteiger partial charge on any atom is -0.489 e. The molecule has 5 aromatic rings. The second kappa shape index (κ2) is 15.8. The van der Waals surface area contributed by atoms with E-state index < -0.39 is 17.3 Å². The van der Waals surface area contributed by atoms with Crippen molar-refractivity contribution in [3.63, 3.8) is 0 Å². The Balaban J connectivity index is 0.901. The summed E-state index contributed by atoms with van der Waals surface area (Å²) in [4.78, 5) is 12.1. The first-order valence-corrected chi connectivity index (χ1v) is 19.5. The van der Waals surface area contributed by atoms with Crippen molar-refractivity contribution >= 4 is 5.69 Å². The topological polar surface area (TPSA) is 36.8 Å². The maximum Gasteiger partial charge on any atom is 0.416 e. The van der Waals surface area contributed by atoms with Crippen LogP contribution in [0.2, 0.25) is 0 Å². The Morgan fingerprint density at radius 2 is 1.25 bits per heavy atom. The molecule has 0 bridgehead atoms. The summed E-state index contributed by atoms with van der Waals surface area (Å²) in [5.41, 5.74) is 4.23. The Morgan fingerprint density at radius 1 is 0.691 bits per heavy atom. The number of hydrogen-bond donors (Lipinski definition) is 0. The highest BCUT2D eigenvalue weighted by Crippen LogP contribution is 2.41. The number of likely N-dealkylation sites (tertiary alicyclic amines) is 1. The summed E-state index contributed by atoms with van der Waals surface area (Å²) in [6, 6.07) is 38.3. The van der Waals surface area contributed by atoms with E-state index in [0.29, 0.717) is 6.04 Å². The van der Waals surface area contributed by atoms with E-state index in [0.717, 1.165) is 75.5 Å². The van der Waals surface area contributed by atoms with Gasteiger partial charge in [-0.05, 0) is 66.8 Å². The quantitative estimate of drug-likeness (QED) is 0.133. The zero-order valence-electron chi connectivity index (χ0n) is 31.2. The van der Waals surface area contributed by atoms with E-state index in [1.807, 2.05) is 6.33 Å². The molecule has 2 saturated heterocycles. The molecule has 6 nitrogen and oxygen atoms in total. The lowest BCUT2D eigenvalue weighted by Gasteiger charge is -2.42. The van der Waals surface area contributed by atoms with Crippen LogP contribution in [0.25, 0.3) is 0 Å². The maximum absolute atomic E-state index is 13.0. The number of alkyl halides is 3. The van der Waals surface area contributed by atoms with Crippen LogP contribution >= 0.6 is 0 Å². The molecular weight excluding hydrogens is 696 g/mol. The van der Waals surface area contributed by atoms with E-state index in [-0.39, 0.29) is 12.1 Å². The highest BCUT2D eigenvalue weighted by Gasteiger charge is 2.39. The van der Waals surface area contributed by atoms with Crippen molar-refractivity contribution in [1.82, 2.24) is 19.4 Å². The summed E-state index contributed by atoms with van der Waals surface area (Å²) >= 11 is 0. The third-order valence-electron chi connectivity index (χ3n) is 11.6. The number of ether oxygens (including phenoxy) is 1. The van der Waals surface area contributed by atoms with Gasteiger partial charge >= 0.3 is 6.18 Å². The van der Waals surface area contributed by atoms with Crippen LogP contribution in [-0.2, 0) is 23.0 Å². The molecule has 3 aliphatic rings. The summed E-state index contributed by atoms with van der Waals surface area (Å²) in [5.74, 6) is 0.887. The van der Waals surface area contributed by atoms with Gasteiger partial charge in [-0.2, -0.15) is 13.2 Å². The maximum atomic E-state index is 13.0. The average Bonchev–Trinajstić information content (AvgIpc) is 3.69. The second-order valence-electron chi connectivity index (χ2n) is 15.0. The van der Waals surface area contributed by atoms with E-state index in [9.17, 15) is 13.2 Å². The molecule has 3 aliphatic heterocycles. The van der Waals surface area contributed by atoms with Crippen molar-refractivity contribution in [3.8, 4) is 0 Å². The average molecular weight is 744 g/mol. The number of aromatic nitrogens is 2. The van der Waals surface area contributed by atoms with Crippen molar-refractivity contribution < 1.29 is 17.9 Å². The van der Waals surface area contributed by atoms with E-state index in [1.54, 1.807) is 12.1 Å². The Bertz CT molecular complexity index is 1950.